The summed E-state index contributed by atoms with van der Waals surface area (Å²) in [5.41, 5.74) is 7.21. The lowest BCUT2D eigenvalue weighted by molar-refractivity contribution is -0.129. The molecule has 2 aromatic carbocycles. The topological polar surface area (TPSA) is 75.8 Å². The number of halogens is 1. The van der Waals surface area contributed by atoms with Crippen LogP contribution in [-0.2, 0) is 16.0 Å². The minimum absolute atomic E-state index is 0.0917. The quantitative estimate of drug-likeness (QED) is 0.854. The van der Waals surface area contributed by atoms with Gasteiger partial charge in [0.15, 0.2) is 5.17 Å². The molecule has 1 unspecified atom stereocenters. The number of amides is 2. The number of primary amides is 1. The van der Waals surface area contributed by atoms with Gasteiger partial charge in [0, 0.05) is 18.0 Å². The fraction of sp³-hybridized carbons (Fsp3) is 0.211. The van der Waals surface area contributed by atoms with E-state index in [2.05, 4.69) is 4.99 Å². The predicted octanol–water partition coefficient (Wildman–Crippen LogP) is 3.39. The molecule has 1 heterocycles. The molecule has 1 aliphatic heterocycles. The second-order valence-corrected chi connectivity index (χ2v) is 7.47. The molecular weight excluding hydrogens is 370 g/mol. The van der Waals surface area contributed by atoms with E-state index in [1.54, 1.807) is 29.2 Å². The first-order valence-electron chi connectivity index (χ1n) is 8.17. The number of benzene rings is 2. The molecule has 1 aliphatic rings. The summed E-state index contributed by atoms with van der Waals surface area (Å²) in [7, 11) is 0. The molecular formula is C19H18ClN3O2S. The summed E-state index contributed by atoms with van der Waals surface area (Å²) in [4.78, 5) is 30.4. The van der Waals surface area contributed by atoms with Crippen molar-refractivity contribution in [3.63, 3.8) is 0 Å². The van der Waals surface area contributed by atoms with Gasteiger partial charge in [-0.05, 0) is 36.2 Å². The minimum Gasteiger partial charge on any atom is -0.369 e. The van der Waals surface area contributed by atoms with Crippen molar-refractivity contribution in [1.29, 1.82) is 0 Å². The maximum atomic E-state index is 12.6. The Hall–Kier alpha value is -2.31. The second-order valence-electron chi connectivity index (χ2n) is 5.86. The smallest absolute Gasteiger partial charge is 0.231 e. The Bertz CT molecular complexity index is 824. The normalized spacial score (nSPS) is 19.0. The lowest BCUT2D eigenvalue weighted by Gasteiger charge is -2.31. The molecule has 2 N–H and O–H groups in total. The Kier molecular flexibility index (Phi) is 5.96. The fourth-order valence-electron chi connectivity index (χ4n) is 2.59. The van der Waals surface area contributed by atoms with Gasteiger partial charge in [-0.2, -0.15) is 0 Å². The van der Waals surface area contributed by atoms with Crippen molar-refractivity contribution in [3.05, 3.63) is 65.2 Å². The van der Waals surface area contributed by atoms with Gasteiger partial charge in [-0.1, -0.05) is 53.7 Å². The Morgan fingerprint density at radius 1 is 1.19 bits per heavy atom. The van der Waals surface area contributed by atoms with Gasteiger partial charge in [0.2, 0.25) is 11.8 Å². The fourth-order valence-corrected chi connectivity index (χ4v) is 3.79. The summed E-state index contributed by atoms with van der Waals surface area (Å²) in [5.74, 6) is -0.647. The molecule has 0 spiro atoms. The van der Waals surface area contributed by atoms with Crippen LogP contribution in [0, 0.1) is 0 Å². The van der Waals surface area contributed by atoms with Crippen molar-refractivity contribution >= 4 is 46.0 Å². The average molecular weight is 388 g/mol. The van der Waals surface area contributed by atoms with Gasteiger partial charge >= 0.3 is 0 Å². The van der Waals surface area contributed by atoms with E-state index in [9.17, 15) is 9.59 Å². The van der Waals surface area contributed by atoms with Crippen molar-refractivity contribution in [1.82, 2.24) is 4.90 Å². The van der Waals surface area contributed by atoms with E-state index in [-0.39, 0.29) is 12.3 Å². The van der Waals surface area contributed by atoms with Crippen LogP contribution in [0.1, 0.15) is 12.0 Å². The third-order valence-electron chi connectivity index (χ3n) is 3.98. The molecule has 5 nitrogen and oxygen atoms in total. The van der Waals surface area contributed by atoms with Crippen molar-refractivity contribution in [2.75, 3.05) is 6.54 Å². The van der Waals surface area contributed by atoms with Gasteiger partial charge in [0.25, 0.3) is 0 Å². The Balaban J connectivity index is 1.84. The van der Waals surface area contributed by atoms with Crippen molar-refractivity contribution in [3.8, 4) is 0 Å². The molecule has 2 aromatic rings. The minimum atomic E-state index is -0.596. The highest BCUT2D eigenvalue weighted by Crippen LogP contribution is 2.29. The summed E-state index contributed by atoms with van der Waals surface area (Å²) in [6, 6.07) is 16.9. The zero-order chi connectivity index (χ0) is 18.5. The second kappa shape index (κ2) is 8.38. The molecule has 0 bridgehead atoms. The van der Waals surface area contributed by atoms with Crippen LogP contribution in [0.25, 0.3) is 0 Å². The highest BCUT2D eigenvalue weighted by atomic mass is 35.5. The lowest BCUT2D eigenvalue weighted by Crippen LogP contribution is -2.46. The number of amidine groups is 1. The molecule has 2 amide bonds. The van der Waals surface area contributed by atoms with Gasteiger partial charge in [-0.15, -0.1) is 0 Å². The zero-order valence-corrected chi connectivity index (χ0v) is 15.5. The average Bonchev–Trinajstić information content (AvgIpc) is 2.63. The number of carbonyl (C=O) groups excluding carboxylic acids is 2. The van der Waals surface area contributed by atoms with Crippen LogP contribution in [0.4, 0.5) is 5.69 Å². The van der Waals surface area contributed by atoms with Gasteiger partial charge in [-0.25, -0.2) is 4.99 Å². The van der Waals surface area contributed by atoms with Crippen molar-refractivity contribution in [2.24, 2.45) is 10.7 Å². The first kappa shape index (κ1) is 18.5. The summed E-state index contributed by atoms with van der Waals surface area (Å²) in [6.07, 6.45) is 0.794. The molecule has 26 heavy (non-hydrogen) atoms. The Labute approximate surface area is 161 Å². The van der Waals surface area contributed by atoms with Crippen LogP contribution < -0.4 is 5.73 Å². The molecule has 1 fully saturated rings. The van der Waals surface area contributed by atoms with E-state index in [0.717, 1.165) is 5.56 Å². The van der Waals surface area contributed by atoms with Crippen LogP contribution >= 0.6 is 23.4 Å². The van der Waals surface area contributed by atoms with Crippen molar-refractivity contribution in [2.45, 2.75) is 18.1 Å². The molecule has 0 aliphatic carbocycles. The predicted molar refractivity (Wildman–Crippen MR) is 106 cm³/mol. The highest BCUT2D eigenvalue weighted by molar-refractivity contribution is 8.15. The van der Waals surface area contributed by atoms with E-state index in [0.29, 0.717) is 28.8 Å². The third kappa shape index (κ3) is 4.65. The van der Waals surface area contributed by atoms with Gasteiger partial charge in [0.05, 0.1) is 10.9 Å². The monoisotopic (exact) mass is 387 g/mol. The molecule has 7 heteroatoms. The summed E-state index contributed by atoms with van der Waals surface area (Å²) < 4.78 is 0. The Morgan fingerprint density at radius 3 is 2.54 bits per heavy atom. The molecule has 3 rings (SSSR count). The van der Waals surface area contributed by atoms with E-state index in [1.807, 2.05) is 30.3 Å². The van der Waals surface area contributed by atoms with E-state index < -0.39 is 11.2 Å². The van der Waals surface area contributed by atoms with E-state index in [1.165, 1.54) is 11.8 Å². The van der Waals surface area contributed by atoms with Gasteiger partial charge in [0.1, 0.15) is 0 Å². The summed E-state index contributed by atoms with van der Waals surface area (Å²) >= 11 is 7.14. The van der Waals surface area contributed by atoms with Crippen LogP contribution in [0.5, 0.6) is 0 Å². The van der Waals surface area contributed by atoms with Gasteiger partial charge < -0.3 is 5.73 Å². The zero-order valence-electron chi connectivity index (χ0n) is 14.0. The number of thioether (sulfide) groups is 1. The number of hydrogen-bond donors (Lipinski definition) is 1. The first-order valence-corrected chi connectivity index (χ1v) is 9.43. The molecule has 0 saturated carbocycles. The standard InChI is InChI=1S/C19H18ClN3O2S/c20-14-6-8-15(9-7-14)22-19-23(11-10-13-4-2-1-3-5-13)17(24)12-16(26-19)18(21)25/h1-9,16H,10-12H2,(H2,21,25). The van der Waals surface area contributed by atoms with Crippen LogP contribution in [0.15, 0.2) is 59.6 Å². The molecule has 0 radical (unpaired) electrons. The maximum Gasteiger partial charge on any atom is 0.231 e. The number of aliphatic imine (C=N–C) groups is 1. The molecule has 1 saturated heterocycles. The van der Waals surface area contributed by atoms with Crippen LogP contribution in [-0.4, -0.2) is 33.7 Å². The summed E-state index contributed by atoms with van der Waals surface area (Å²) in [6.45, 7) is 0.494. The van der Waals surface area contributed by atoms with Gasteiger partial charge in [-0.3, -0.25) is 14.5 Å². The lowest BCUT2D eigenvalue weighted by atomic mass is 10.1. The number of carbonyl (C=O) groups is 2. The number of rotatable bonds is 5. The van der Waals surface area contributed by atoms with Crippen molar-refractivity contribution < 1.29 is 9.59 Å². The highest BCUT2D eigenvalue weighted by Gasteiger charge is 2.34. The molecule has 1 atom stereocenters. The van der Waals surface area contributed by atoms with E-state index >= 15 is 0 Å². The molecule has 0 aromatic heterocycles. The first-order chi connectivity index (χ1) is 12.5. The summed E-state index contributed by atoms with van der Waals surface area (Å²) in [5, 5.41) is 0.502. The largest absolute Gasteiger partial charge is 0.369 e. The SMILES string of the molecule is NC(=O)C1CC(=O)N(CCc2ccccc2)C(=Nc2ccc(Cl)cc2)S1. The number of nitrogens with two attached hydrogens (primary N) is 1. The van der Waals surface area contributed by atoms with Crippen LogP contribution in [0.3, 0.4) is 0 Å². The third-order valence-corrected chi connectivity index (χ3v) is 5.43. The van der Waals surface area contributed by atoms with E-state index in [4.69, 9.17) is 17.3 Å². The number of nitrogens with zero attached hydrogens (tertiary/aromatic N) is 2. The molecule has 134 valence electrons. The number of hydrogen-bond acceptors (Lipinski definition) is 4. The van der Waals surface area contributed by atoms with Crippen LogP contribution in [0.2, 0.25) is 5.02 Å². The Morgan fingerprint density at radius 2 is 1.88 bits per heavy atom. The maximum absolute atomic E-state index is 12.6.